The first-order chi connectivity index (χ1) is 5.33. The lowest BCUT2D eigenvalue weighted by Crippen LogP contribution is -2.17. The topological polar surface area (TPSA) is 26.0 Å². The minimum Gasteiger partial charge on any atom is -0.328 e. The molecule has 0 fully saturated rings. The minimum absolute atomic E-state index is 0.106. The van der Waals surface area contributed by atoms with Crippen LogP contribution in [0.3, 0.4) is 0 Å². The normalized spacial score (nSPS) is 12.9. The second kappa shape index (κ2) is 4.09. The summed E-state index contributed by atoms with van der Waals surface area (Å²) in [6.45, 7) is 0.106. The molecule has 0 saturated carbocycles. The molecule has 2 N–H and O–H groups in total. The van der Waals surface area contributed by atoms with Crippen molar-refractivity contribution in [3.8, 4) is 0 Å². The molecular formula is C9H12FN. The SMILES string of the molecule is NCC(F)Cc1ccccc1. The third-order valence-electron chi connectivity index (χ3n) is 1.56. The van der Waals surface area contributed by atoms with Crippen molar-refractivity contribution in [3.63, 3.8) is 0 Å². The van der Waals surface area contributed by atoms with Gasteiger partial charge < -0.3 is 5.73 Å². The zero-order valence-electron chi connectivity index (χ0n) is 6.33. The standard InChI is InChI=1S/C9H12FN/c10-9(7-11)6-8-4-2-1-3-5-8/h1-5,9H,6-7,11H2. The Balaban J connectivity index is 2.51. The van der Waals surface area contributed by atoms with Gasteiger partial charge in [-0.05, 0) is 5.56 Å². The second-order valence-electron chi connectivity index (χ2n) is 2.52. The van der Waals surface area contributed by atoms with Gasteiger partial charge in [0.1, 0.15) is 6.17 Å². The van der Waals surface area contributed by atoms with Gasteiger partial charge in [-0.3, -0.25) is 0 Å². The zero-order chi connectivity index (χ0) is 8.10. The average Bonchev–Trinajstić information content (AvgIpc) is 2.06. The van der Waals surface area contributed by atoms with Crippen molar-refractivity contribution >= 4 is 0 Å². The second-order valence-corrected chi connectivity index (χ2v) is 2.52. The lowest BCUT2D eigenvalue weighted by Gasteiger charge is -2.03. The fourth-order valence-electron chi connectivity index (χ4n) is 0.953. The number of alkyl halides is 1. The average molecular weight is 153 g/mol. The van der Waals surface area contributed by atoms with Gasteiger partial charge in [0.05, 0.1) is 0 Å². The maximum atomic E-state index is 12.7. The molecule has 0 aliphatic heterocycles. The van der Waals surface area contributed by atoms with Crippen molar-refractivity contribution in [1.29, 1.82) is 0 Å². The first-order valence-electron chi connectivity index (χ1n) is 3.71. The molecule has 0 heterocycles. The summed E-state index contributed by atoms with van der Waals surface area (Å²) in [6, 6.07) is 9.53. The van der Waals surface area contributed by atoms with Gasteiger partial charge in [0.15, 0.2) is 0 Å². The molecule has 0 spiro atoms. The van der Waals surface area contributed by atoms with E-state index >= 15 is 0 Å². The summed E-state index contributed by atoms with van der Waals surface area (Å²) < 4.78 is 12.7. The fraction of sp³-hybridized carbons (Fsp3) is 0.333. The zero-order valence-corrected chi connectivity index (χ0v) is 6.33. The summed E-state index contributed by atoms with van der Waals surface area (Å²) in [6.07, 6.45) is -0.477. The van der Waals surface area contributed by atoms with Crippen LogP contribution < -0.4 is 5.73 Å². The van der Waals surface area contributed by atoms with Crippen molar-refractivity contribution in [2.24, 2.45) is 5.73 Å². The van der Waals surface area contributed by atoms with Crippen LogP contribution in [0.4, 0.5) is 4.39 Å². The number of hydrogen-bond acceptors (Lipinski definition) is 1. The van der Waals surface area contributed by atoms with E-state index < -0.39 is 6.17 Å². The van der Waals surface area contributed by atoms with Crippen LogP contribution in [0, 0.1) is 0 Å². The molecule has 1 unspecified atom stereocenters. The maximum absolute atomic E-state index is 12.7. The smallest absolute Gasteiger partial charge is 0.116 e. The van der Waals surface area contributed by atoms with E-state index in [4.69, 9.17) is 5.73 Å². The molecule has 1 nitrogen and oxygen atoms in total. The van der Waals surface area contributed by atoms with Gasteiger partial charge in [-0.1, -0.05) is 30.3 Å². The van der Waals surface area contributed by atoms with E-state index in [1.165, 1.54) is 0 Å². The molecule has 0 aliphatic rings. The van der Waals surface area contributed by atoms with Crippen LogP contribution in [-0.4, -0.2) is 12.7 Å². The largest absolute Gasteiger partial charge is 0.328 e. The van der Waals surface area contributed by atoms with E-state index in [1.807, 2.05) is 30.3 Å². The molecule has 2 heteroatoms. The quantitative estimate of drug-likeness (QED) is 0.700. The summed E-state index contributed by atoms with van der Waals surface area (Å²) in [5.74, 6) is 0. The molecule has 11 heavy (non-hydrogen) atoms. The Bertz CT molecular complexity index is 198. The molecule has 0 saturated heterocycles. The highest BCUT2D eigenvalue weighted by Crippen LogP contribution is 2.03. The molecule has 1 atom stereocenters. The van der Waals surface area contributed by atoms with E-state index in [9.17, 15) is 4.39 Å². The Labute approximate surface area is 66.0 Å². The molecule has 1 rings (SSSR count). The highest BCUT2D eigenvalue weighted by atomic mass is 19.1. The Morgan fingerprint density at radius 3 is 2.45 bits per heavy atom. The number of benzene rings is 1. The molecule has 0 amide bonds. The molecular weight excluding hydrogens is 141 g/mol. The first kappa shape index (κ1) is 8.21. The molecule has 0 aromatic heterocycles. The van der Waals surface area contributed by atoms with Gasteiger partial charge in [-0.15, -0.1) is 0 Å². The Hall–Kier alpha value is -0.890. The Morgan fingerprint density at radius 1 is 1.27 bits per heavy atom. The predicted octanol–water partition coefficient (Wildman–Crippen LogP) is 1.53. The fourth-order valence-corrected chi connectivity index (χ4v) is 0.953. The number of hydrogen-bond donors (Lipinski definition) is 1. The molecule has 0 radical (unpaired) electrons. The number of rotatable bonds is 3. The van der Waals surface area contributed by atoms with Gasteiger partial charge in [0.2, 0.25) is 0 Å². The summed E-state index contributed by atoms with van der Waals surface area (Å²) in [7, 11) is 0. The maximum Gasteiger partial charge on any atom is 0.116 e. The highest BCUT2D eigenvalue weighted by molar-refractivity contribution is 5.15. The summed E-state index contributed by atoms with van der Waals surface area (Å²) in [5, 5.41) is 0. The van der Waals surface area contributed by atoms with Crippen LogP contribution in [0.25, 0.3) is 0 Å². The van der Waals surface area contributed by atoms with Crippen LogP contribution in [0.2, 0.25) is 0 Å². The van der Waals surface area contributed by atoms with E-state index in [2.05, 4.69) is 0 Å². The third kappa shape index (κ3) is 2.68. The molecule has 1 aromatic rings. The summed E-state index contributed by atoms with van der Waals surface area (Å²) >= 11 is 0. The van der Waals surface area contributed by atoms with Crippen LogP contribution >= 0.6 is 0 Å². The summed E-state index contributed by atoms with van der Waals surface area (Å²) in [5.41, 5.74) is 6.15. The van der Waals surface area contributed by atoms with Gasteiger partial charge in [-0.25, -0.2) is 4.39 Å². The van der Waals surface area contributed by atoms with E-state index in [0.717, 1.165) is 5.56 Å². The third-order valence-corrected chi connectivity index (χ3v) is 1.56. The van der Waals surface area contributed by atoms with Crippen molar-refractivity contribution in [3.05, 3.63) is 35.9 Å². The van der Waals surface area contributed by atoms with Crippen molar-refractivity contribution < 1.29 is 4.39 Å². The lowest BCUT2D eigenvalue weighted by molar-refractivity contribution is 0.340. The number of halogens is 1. The molecule has 1 aromatic carbocycles. The van der Waals surface area contributed by atoms with Crippen LogP contribution in [0.1, 0.15) is 5.56 Å². The van der Waals surface area contributed by atoms with Gasteiger partial charge in [-0.2, -0.15) is 0 Å². The summed E-state index contributed by atoms with van der Waals surface area (Å²) in [4.78, 5) is 0. The van der Waals surface area contributed by atoms with E-state index in [1.54, 1.807) is 0 Å². The number of nitrogens with two attached hydrogens (primary N) is 1. The van der Waals surface area contributed by atoms with Crippen LogP contribution in [0.15, 0.2) is 30.3 Å². The Kier molecular flexibility index (Phi) is 3.05. The van der Waals surface area contributed by atoms with Crippen molar-refractivity contribution in [2.45, 2.75) is 12.6 Å². The Morgan fingerprint density at radius 2 is 1.91 bits per heavy atom. The predicted molar refractivity (Wildman–Crippen MR) is 44.1 cm³/mol. The van der Waals surface area contributed by atoms with Crippen molar-refractivity contribution in [2.75, 3.05) is 6.54 Å². The first-order valence-corrected chi connectivity index (χ1v) is 3.71. The van der Waals surface area contributed by atoms with Gasteiger partial charge in [0.25, 0.3) is 0 Å². The van der Waals surface area contributed by atoms with E-state index in [0.29, 0.717) is 6.42 Å². The van der Waals surface area contributed by atoms with Gasteiger partial charge in [0, 0.05) is 13.0 Å². The van der Waals surface area contributed by atoms with Crippen LogP contribution in [-0.2, 0) is 6.42 Å². The molecule has 60 valence electrons. The van der Waals surface area contributed by atoms with Crippen molar-refractivity contribution in [1.82, 2.24) is 0 Å². The van der Waals surface area contributed by atoms with Gasteiger partial charge >= 0.3 is 0 Å². The van der Waals surface area contributed by atoms with E-state index in [-0.39, 0.29) is 6.54 Å². The monoisotopic (exact) mass is 153 g/mol. The van der Waals surface area contributed by atoms with Crippen LogP contribution in [0.5, 0.6) is 0 Å². The minimum atomic E-state index is -0.905. The highest BCUT2D eigenvalue weighted by Gasteiger charge is 2.03. The lowest BCUT2D eigenvalue weighted by atomic mass is 10.1. The molecule has 0 bridgehead atoms. The molecule has 0 aliphatic carbocycles.